The van der Waals surface area contributed by atoms with Crippen molar-refractivity contribution < 1.29 is 19.4 Å². The molecule has 0 aromatic carbocycles. The van der Waals surface area contributed by atoms with Crippen molar-refractivity contribution >= 4 is 34.8 Å². The van der Waals surface area contributed by atoms with Gasteiger partial charge in [0.2, 0.25) is 11.8 Å². The minimum atomic E-state index is -0.784. The monoisotopic (exact) mass is 482 g/mol. The second-order valence-corrected chi connectivity index (χ2v) is 9.15. The van der Waals surface area contributed by atoms with Crippen molar-refractivity contribution in [3.8, 4) is 10.6 Å². The van der Waals surface area contributed by atoms with Gasteiger partial charge in [0.25, 0.3) is 0 Å². The Kier molecular flexibility index (Phi) is 7.46. The van der Waals surface area contributed by atoms with Gasteiger partial charge >= 0.3 is 0 Å². The first-order valence-corrected chi connectivity index (χ1v) is 11.6. The van der Waals surface area contributed by atoms with E-state index in [9.17, 15) is 14.7 Å². The van der Waals surface area contributed by atoms with Crippen LogP contribution in [0.2, 0.25) is 0 Å². The number of pyridine rings is 2. The minimum Gasteiger partial charge on any atom is -0.389 e. The number of β-amino-alcohol motifs (C(OH)–C–C–N with tert-alkyl or cyclic N) is 1. The number of hydrogen-bond donors (Lipinski definition) is 3. The third-order valence-electron chi connectivity index (χ3n) is 5.21. The third-order valence-corrected chi connectivity index (χ3v) is 6.20. The summed E-state index contributed by atoms with van der Waals surface area (Å²) in [6, 6.07) is 9.10. The average molecular weight is 483 g/mol. The minimum absolute atomic E-state index is 0.129. The van der Waals surface area contributed by atoms with Gasteiger partial charge in [-0.3, -0.25) is 9.59 Å². The Balaban J connectivity index is 1.29. The second kappa shape index (κ2) is 10.7. The first kappa shape index (κ1) is 23.7. The average Bonchev–Trinajstić information content (AvgIpc) is 3.41. The van der Waals surface area contributed by atoms with Crippen LogP contribution in [-0.4, -0.2) is 68.6 Å². The molecule has 3 aromatic rings. The van der Waals surface area contributed by atoms with Gasteiger partial charge in [0.05, 0.1) is 29.3 Å². The Morgan fingerprint density at radius 1 is 1.24 bits per heavy atom. The number of aliphatic hydroxyl groups excluding tert-OH is 1. The largest absolute Gasteiger partial charge is 0.389 e. The van der Waals surface area contributed by atoms with E-state index in [2.05, 4.69) is 25.6 Å². The van der Waals surface area contributed by atoms with Gasteiger partial charge in [-0.25, -0.2) is 15.0 Å². The first-order chi connectivity index (χ1) is 16.4. The van der Waals surface area contributed by atoms with Gasteiger partial charge in [0.1, 0.15) is 23.3 Å². The van der Waals surface area contributed by atoms with Crippen LogP contribution in [0, 0.1) is 6.92 Å². The Labute approximate surface area is 201 Å². The van der Waals surface area contributed by atoms with E-state index in [1.807, 2.05) is 37.3 Å². The van der Waals surface area contributed by atoms with Crippen LogP contribution in [0.4, 0.5) is 11.6 Å². The molecular formula is C23H26N6O4S. The summed E-state index contributed by atoms with van der Waals surface area (Å²) in [6.45, 7) is 3.87. The number of nitrogens with zero attached hydrogens (tertiary/aromatic N) is 4. The van der Waals surface area contributed by atoms with Crippen LogP contribution in [0.15, 0.2) is 42.7 Å². The normalized spacial score (nSPS) is 17.6. The Morgan fingerprint density at radius 2 is 2.09 bits per heavy atom. The topological polar surface area (TPSA) is 130 Å². The number of hydrogen-bond acceptors (Lipinski definition) is 9. The molecule has 1 aliphatic rings. The van der Waals surface area contributed by atoms with E-state index >= 15 is 0 Å². The van der Waals surface area contributed by atoms with E-state index in [0.717, 1.165) is 27.0 Å². The maximum absolute atomic E-state index is 12.4. The summed E-state index contributed by atoms with van der Waals surface area (Å²) >= 11 is 1.44. The molecule has 1 aliphatic heterocycles. The highest BCUT2D eigenvalue weighted by atomic mass is 32.1. The zero-order valence-electron chi connectivity index (χ0n) is 18.9. The van der Waals surface area contributed by atoms with Gasteiger partial charge in [0, 0.05) is 32.4 Å². The molecule has 2 amide bonds. The molecule has 0 unspecified atom stereocenters. The van der Waals surface area contributed by atoms with Crippen LogP contribution in [-0.2, 0) is 20.9 Å². The van der Waals surface area contributed by atoms with E-state index in [0.29, 0.717) is 5.82 Å². The fourth-order valence-corrected chi connectivity index (χ4v) is 4.41. The molecule has 0 aliphatic carbocycles. The van der Waals surface area contributed by atoms with Gasteiger partial charge in [-0.15, -0.1) is 11.3 Å². The van der Waals surface area contributed by atoms with Crippen molar-refractivity contribution in [3.63, 3.8) is 0 Å². The summed E-state index contributed by atoms with van der Waals surface area (Å²) in [5, 5.41) is 16.6. The first-order valence-electron chi connectivity index (χ1n) is 10.8. The SMILES string of the molecule is CC(=O)N[C@H]1CN(C(=O)COCc2ncc(-c3cccc(Nc4cc(C)ccn4)n3)s2)C[C@@H]1O. The zero-order valence-corrected chi connectivity index (χ0v) is 19.7. The van der Waals surface area contributed by atoms with Crippen LogP contribution < -0.4 is 10.6 Å². The maximum Gasteiger partial charge on any atom is 0.248 e. The van der Waals surface area contributed by atoms with Crippen molar-refractivity contribution in [2.75, 3.05) is 25.0 Å². The lowest BCUT2D eigenvalue weighted by molar-refractivity contribution is -0.136. The van der Waals surface area contributed by atoms with Crippen LogP contribution >= 0.6 is 11.3 Å². The van der Waals surface area contributed by atoms with Crippen LogP contribution in [0.25, 0.3) is 10.6 Å². The van der Waals surface area contributed by atoms with E-state index in [1.54, 1.807) is 12.4 Å². The van der Waals surface area contributed by atoms with E-state index in [1.165, 1.54) is 23.2 Å². The lowest BCUT2D eigenvalue weighted by atomic mass is 10.2. The third kappa shape index (κ3) is 6.13. The van der Waals surface area contributed by atoms with Gasteiger partial charge in [0.15, 0.2) is 0 Å². The molecular weight excluding hydrogens is 456 g/mol. The molecule has 11 heteroatoms. The number of amides is 2. The van der Waals surface area contributed by atoms with Gasteiger partial charge in [-0.2, -0.15) is 0 Å². The summed E-state index contributed by atoms with van der Waals surface area (Å²) in [7, 11) is 0. The summed E-state index contributed by atoms with van der Waals surface area (Å²) in [6.07, 6.45) is 2.69. The number of aromatic nitrogens is 3. The highest BCUT2D eigenvalue weighted by molar-refractivity contribution is 7.15. The number of rotatable bonds is 8. The molecule has 0 radical (unpaired) electrons. The number of carbonyl (C=O) groups excluding carboxylic acids is 2. The molecule has 34 heavy (non-hydrogen) atoms. The molecule has 4 rings (SSSR count). The molecule has 178 valence electrons. The van der Waals surface area contributed by atoms with Crippen LogP contribution in [0.5, 0.6) is 0 Å². The Bertz CT molecular complexity index is 1170. The molecule has 0 bridgehead atoms. The summed E-state index contributed by atoms with van der Waals surface area (Å²) < 4.78 is 5.56. The van der Waals surface area contributed by atoms with Crippen LogP contribution in [0.3, 0.4) is 0 Å². The Hall–Kier alpha value is -3.41. The molecule has 10 nitrogen and oxygen atoms in total. The predicted octanol–water partition coefficient (Wildman–Crippen LogP) is 1.88. The van der Waals surface area contributed by atoms with Gasteiger partial charge < -0.3 is 25.4 Å². The quantitative estimate of drug-likeness (QED) is 0.444. The molecule has 3 N–H and O–H groups in total. The molecule has 1 saturated heterocycles. The smallest absolute Gasteiger partial charge is 0.248 e. The predicted molar refractivity (Wildman–Crippen MR) is 127 cm³/mol. The molecule has 3 aromatic heterocycles. The molecule has 2 atom stereocenters. The van der Waals surface area contributed by atoms with Crippen molar-refractivity contribution in [1.29, 1.82) is 0 Å². The Morgan fingerprint density at radius 3 is 2.88 bits per heavy atom. The standard InChI is InChI=1S/C23H26N6O4S/c1-14-6-7-24-21(8-14)28-20-5-3-4-16(27-20)19-9-25-22(34-19)12-33-13-23(32)29-10-17(18(31)11-29)26-15(2)30/h3-9,17-18,31H,10-13H2,1-2H3,(H,26,30)(H,24,27,28)/t17-,18-/m0/s1. The number of aliphatic hydroxyl groups is 1. The van der Waals surface area contributed by atoms with Crippen molar-refractivity contribution in [2.24, 2.45) is 0 Å². The zero-order chi connectivity index (χ0) is 24.1. The molecule has 1 fully saturated rings. The molecule has 0 saturated carbocycles. The van der Waals surface area contributed by atoms with Crippen molar-refractivity contribution in [1.82, 2.24) is 25.2 Å². The lowest BCUT2D eigenvalue weighted by Gasteiger charge is -2.16. The van der Waals surface area contributed by atoms with E-state index < -0.39 is 12.1 Å². The van der Waals surface area contributed by atoms with E-state index in [4.69, 9.17) is 4.74 Å². The number of thiazole rings is 1. The summed E-state index contributed by atoms with van der Waals surface area (Å²) in [5.74, 6) is 0.921. The summed E-state index contributed by atoms with van der Waals surface area (Å²) in [5.41, 5.74) is 1.88. The molecule has 4 heterocycles. The number of likely N-dealkylation sites (tertiary alicyclic amines) is 1. The number of nitrogens with one attached hydrogen (secondary N) is 2. The van der Waals surface area contributed by atoms with Crippen molar-refractivity contribution in [2.45, 2.75) is 32.6 Å². The fraction of sp³-hybridized carbons (Fsp3) is 0.348. The number of aryl methyl sites for hydroxylation is 1. The number of carbonyl (C=O) groups is 2. The van der Waals surface area contributed by atoms with E-state index in [-0.39, 0.29) is 38.1 Å². The van der Waals surface area contributed by atoms with Crippen molar-refractivity contribution in [3.05, 3.63) is 53.3 Å². The van der Waals surface area contributed by atoms with Gasteiger partial charge in [-0.05, 0) is 36.8 Å². The number of ether oxygens (including phenoxy) is 1. The maximum atomic E-state index is 12.4. The van der Waals surface area contributed by atoms with Gasteiger partial charge in [-0.1, -0.05) is 6.07 Å². The number of anilines is 2. The lowest BCUT2D eigenvalue weighted by Crippen LogP contribution is -2.42. The second-order valence-electron chi connectivity index (χ2n) is 8.04. The summed E-state index contributed by atoms with van der Waals surface area (Å²) in [4.78, 5) is 39.3. The van der Waals surface area contributed by atoms with Crippen LogP contribution in [0.1, 0.15) is 17.5 Å². The highest BCUT2D eigenvalue weighted by Gasteiger charge is 2.34. The fourth-order valence-electron chi connectivity index (χ4n) is 3.58. The molecule has 0 spiro atoms. The highest BCUT2D eigenvalue weighted by Crippen LogP contribution is 2.26.